The summed E-state index contributed by atoms with van der Waals surface area (Å²) in [5, 5.41) is 3.70. The van der Waals surface area contributed by atoms with E-state index in [0.29, 0.717) is 0 Å². The first-order valence-electron chi connectivity index (χ1n) is 6.60. The fourth-order valence-electron chi connectivity index (χ4n) is 2.46. The van der Waals surface area contributed by atoms with Crippen LogP contribution in [0.5, 0.6) is 0 Å². The molecule has 0 aromatic rings. The van der Waals surface area contributed by atoms with Crippen LogP contribution >= 0.6 is 0 Å². The van der Waals surface area contributed by atoms with E-state index in [1.807, 2.05) is 0 Å². The van der Waals surface area contributed by atoms with Crippen molar-refractivity contribution < 1.29 is 0 Å². The van der Waals surface area contributed by atoms with Crippen LogP contribution in [0.4, 0.5) is 0 Å². The van der Waals surface area contributed by atoms with Crippen molar-refractivity contribution in [2.45, 2.75) is 71.3 Å². The van der Waals surface area contributed by atoms with Crippen molar-refractivity contribution in [3.8, 4) is 0 Å². The van der Waals surface area contributed by atoms with Crippen molar-refractivity contribution in [1.82, 2.24) is 5.32 Å². The first-order valence-corrected chi connectivity index (χ1v) is 6.60. The van der Waals surface area contributed by atoms with E-state index in [0.717, 1.165) is 12.0 Å². The second-order valence-corrected chi connectivity index (χ2v) is 4.79. The van der Waals surface area contributed by atoms with E-state index in [-0.39, 0.29) is 0 Å². The van der Waals surface area contributed by atoms with Gasteiger partial charge in [-0.2, -0.15) is 0 Å². The lowest BCUT2D eigenvalue weighted by molar-refractivity contribution is 0.285. The van der Waals surface area contributed by atoms with Gasteiger partial charge in [-0.05, 0) is 44.6 Å². The van der Waals surface area contributed by atoms with Crippen molar-refractivity contribution in [2.24, 2.45) is 5.92 Å². The van der Waals surface area contributed by atoms with E-state index < -0.39 is 0 Å². The van der Waals surface area contributed by atoms with Crippen molar-refractivity contribution in [2.75, 3.05) is 6.54 Å². The summed E-state index contributed by atoms with van der Waals surface area (Å²) in [7, 11) is 0. The first-order chi connectivity index (χ1) is 6.86. The maximum atomic E-state index is 3.70. The Bertz CT molecular complexity index is 125. The Kier molecular flexibility index (Phi) is 6.25. The number of unbranched alkanes of at least 4 members (excludes halogenated alkanes) is 2. The molecule has 1 heteroatoms. The van der Waals surface area contributed by atoms with Gasteiger partial charge >= 0.3 is 0 Å². The van der Waals surface area contributed by atoms with E-state index in [2.05, 4.69) is 19.2 Å². The SMILES string of the molecule is CCCCCNC1CCC(CC)CC1. The third-order valence-electron chi connectivity index (χ3n) is 3.64. The van der Waals surface area contributed by atoms with E-state index in [1.165, 1.54) is 57.9 Å². The van der Waals surface area contributed by atoms with Gasteiger partial charge in [-0.15, -0.1) is 0 Å². The predicted molar refractivity (Wildman–Crippen MR) is 63.6 cm³/mol. The smallest absolute Gasteiger partial charge is 0.00672 e. The van der Waals surface area contributed by atoms with Gasteiger partial charge in [0.2, 0.25) is 0 Å². The molecule has 0 atom stereocenters. The van der Waals surface area contributed by atoms with Crippen LogP contribution in [-0.4, -0.2) is 12.6 Å². The monoisotopic (exact) mass is 197 g/mol. The zero-order chi connectivity index (χ0) is 10.2. The largest absolute Gasteiger partial charge is 0.314 e. The van der Waals surface area contributed by atoms with Crippen LogP contribution in [0.25, 0.3) is 0 Å². The summed E-state index contributed by atoms with van der Waals surface area (Å²) in [6.07, 6.45) is 11.2. The zero-order valence-electron chi connectivity index (χ0n) is 10.0. The molecule has 1 rings (SSSR count). The van der Waals surface area contributed by atoms with Crippen LogP contribution in [-0.2, 0) is 0 Å². The third kappa shape index (κ3) is 4.45. The van der Waals surface area contributed by atoms with Gasteiger partial charge in [0.25, 0.3) is 0 Å². The summed E-state index contributed by atoms with van der Waals surface area (Å²) in [5.41, 5.74) is 0. The quantitative estimate of drug-likeness (QED) is 0.640. The summed E-state index contributed by atoms with van der Waals surface area (Å²) >= 11 is 0. The maximum absolute atomic E-state index is 3.70. The molecular weight excluding hydrogens is 170 g/mol. The molecule has 0 aromatic carbocycles. The minimum absolute atomic E-state index is 0.842. The maximum Gasteiger partial charge on any atom is 0.00672 e. The van der Waals surface area contributed by atoms with Gasteiger partial charge in [-0.25, -0.2) is 0 Å². The van der Waals surface area contributed by atoms with Gasteiger partial charge < -0.3 is 5.32 Å². The number of hydrogen-bond donors (Lipinski definition) is 1. The van der Waals surface area contributed by atoms with E-state index in [9.17, 15) is 0 Å². The fraction of sp³-hybridized carbons (Fsp3) is 1.00. The van der Waals surface area contributed by atoms with Crippen LogP contribution in [0, 0.1) is 5.92 Å². The van der Waals surface area contributed by atoms with Gasteiger partial charge in [0, 0.05) is 6.04 Å². The normalized spacial score (nSPS) is 27.9. The summed E-state index contributed by atoms with van der Waals surface area (Å²) in [6, 6.07) is 0.842. The van der Waals surface area contributed by atoms with Crippen LogP contribution in [0.2, 0.25) is 0 Å². The standard InChI is InChI=1S/C13H27N/c1-3-5-6-11-14-13-9-7-12(4-2)8-10-13/h12-14H,3-11H2,1-2H3. The first kappa shape index (κ1) is 12.0. The molecule has 1 N–H and O–H groups in total. The van der Waals surface area contributed by atoms with Gasteiger partial charge in [-0.3, -0.25) is 0 Å². The van der Waals surface area contributed by atoms with Gasteiger partial charge in [-0.1, -0.05) is 33.1 Å². The van der Waals surface area contributed by atoms with Gasteiger partial charge in [0.05, 0.1) is 0 Å². The molecule has 1 nitrogen and oxygen atoms in total. The van der Waals surface area contributed by atoms with E-state index in [1.54, 1.807) is 0 Å². The van der Waals surface area contributed by atoms with Crippen molar-refractivity contribution in [3.05, 3.63) is 0 Å². The molecule has 1 aliphatic rings. The second kappa shape index (κ2) is 7.28. The molecule has 0 bridgehead atoms. The molecule has 0 aromatic heterocycles. The van der Waals surface area contributed by atoms with E-state index in [4.69, 9.17) is 0 Å². The summed E-state index contributed by atoms with van der Waals surface area (Å²) in [4.78, 5) is 0. The Morgan fingerprint density at radius 3 is 2.29 bits per heavy atom. The number of rotatable bonds is 6. The lowest BCUT2D eigenvalue weighted by Gasteiger charge is -2.28. The Hall–Kier alpha value is -0.0400. The Labute approximate surface area is 89.7 Å². The fourth-order valence-corrected chi connectivity index (χ4v) is 2.46. The highest BCUT2D eigenvalue weighted by Crippen LogP contribution is 2.26. The number of hydrogen-bond acceptors (Lipinski definition) is 1. The molecule has 0 amide bonds. The molecule has 1 fully saturated rings. The minimum atomic E-state index is 0.842. The number of nitrogens with one attached hydrogen (secondary N) is 1. The average molecular weight is 197 g/mol. The highest BCUT2D eigenvalue weighted by atomic mass is 14.9. The molecule has 0 aliphatic heterocycles. The van der Waals surface area contributed by atoms with Crippen molar-refractivity contribution in [1.29, 1.82) is 0 Å². The molecule has 0 saturated heterocycles. The average Bonchev–Trinajstić information content (AvgIpc) is 2.25. The summed E-state index contributed by atoms with van der Waals surface area (Å²) in [5.74, 6) is 1.03. The topological polar surface area (TPSA) is 12.0 Å². The highest BCUT2D eigenvalue weighted by Gasteiger charge is 2.18. The molecule has 0 spiro atoms. The summed E-state index contributed by atoms with van der Waals surface area (Å²) in [6.45, 7) is 5.85. The Morgan fingerprint density at radius 2 is 1.71 bits per heavy atom. The molecule has 1 aliphatic carbocycles. The Morgan fingerprint density at radius 1 is 1.00 bits per heavy atom. The van der Waals surface area contributed by atoms with Crippen LogP contribution < -0.4 is 5.32 Å². The molecule has 0 unspecified atom stereocenters. The lowest BCUT2D eigenvalue weighted by atomic mass is 9.84. The Balaban J connectivity index is 1.98. The molecule has 0 heterocycles. The van der Waals surface area contributed by atoms with E-state index >= 15 is 0 Å². The molecule has 84 valence electrons. The van der Waals surface area contributed by atoms with Crippen LogP contribution in [0.1, 0.15) is 65.2 Å². The van der Waals surface area contributed by atoms with Gasteiger partial charge in [0.15, 0.2) is 0 Å². The second-order valence-electron chi connectivity index (χ2n) is 4.79. The van der Waals surface area contributed by atoms with Gasteiger partial charge in [0.1, 0.15) is 0 Å². The molecular formula is C13H27N. The zero-order valence-corrected chi connectivity index (χ0v) is 10.0. The van der Waals surface area contributed by atoms with Crippen molar-refractivity contribution >= 4 is 0 Å². The lowest BCUT2D eigenvalue weighted by Crippen LogP contribution is -2.33. The molecule has 1 saturated carbocycles. The van der Waals surface area contributed by atoms with Crippen molar-refractivity contribution in [3.63, 3.8) is 0 Å². The highest BCUT2D eigenvalue weighted by molar-refractivity contribution is 4.76. The van der Waals surface area contributed by atoms with Crippen LogP contribution in [0.3, 0.4) is 0 Å². The predicted octanol–water partition coefficient (Wildman–Crippen LogP) is 3.74. The third-order valence-corrected chi connectivity index (χ3v) is 3.64. The van der Waals surface area contributed by atoms with Crippen LogP contribution in [0.15, 0.2) is 0 Å². The summed E-state index contributed by atoms with van der Waals surface area (Å²) < 4.78 is 0. The molecule has 0 radical (unpaired) electrons. The minimum Gasteiger partial charge on any atom is -0.314 e. The molecule has 14 heavy (non-hydrogen) atoms.